The van der Waals surface area contributed by atoms with Gasteiger partial charge in [-0.15, -0.1) is 0 Å². The zero-order chi connectivity index (χ0) is 11.4. The maximum Gasteiger partial charge on any atom is 0.134 e. The van der Waals surface area contributed by atoms with Crippen LogP contribution in [0.25, 0.3) is 0 Å². The summed E-state index contributed by atoms with van der Waals surface area (Å²) in [6.07, 6.45) is 0. The second-order valence-corrected chi connectivity index (χ2v) is 3.57. The van der Waals surface area contributed by atoms with Gasteiger partial charge in [0.05, 0.1) is 0 Å². The molecule has 0 unspecified atom stereocenters. The van der Waals surface area contributed by atoms with Gasteiger partial charge in [0, 0.05) is 12.6 Å². The summed E-state index contributed by atoms with van der Waals surface area (Å²) in [5.41, 5.74) is 7.38. The normalized spacial score (nSPS) is 10.4. The van der Waals surface area contributed by atoms with Gasteiger partial charge in [-0.25, -0.2) is 0 Å². The molecule has 0 spiro atoms. The van der Waals surface area contributed by atoms with Crippen LogP contribution in [0.4, 0.5) is 0 Å². The van der Waals surface area contributed by atoms with Gasteiger partial charge in [-0.2, -0.15) is 0 Å². The maximum absolute atomic E-state index is 5.54. The van der Waals surface area contributed by atoms with Gasteiger partial charge in [0.2, 0.25) is 0 Å². The number of nitrogens with two attached hydrogens (primary N) is 1. The second-order valence-electron chi connectivity index (χ2n) is 3.57. The molecule has 2 N–H and O–H groups in total. The number of hydrogen-bond acceptors (Lipinski definition) is 4. The van der Waals surface area contributed by atoms with Crippen LogP contribution in [0.15, 0.2) is 34.9 Å². The van der Waals surface area contributed by atoms with Gasteiger partial charge < -0.3 is 15.0 Å². The molecule has 4 nitrogen and oxygen atoms in total. The Morgan fingerprint density at radius 3 is 2.62 bits per heavy atom. The Bertz CT molecular complexity index is 448. The van der Waals surface area contributed by atoms with Crippen LogP contribution in [0.3, 0.4) is 0 Å². The van der Waals surface area contributed by atoms with Crippen LogP contribution in [-0.2, 0) is 13.2 Å². The molecular formula is C12H14N2O2. The van der Waals surface area contributed by atoms with Gasteiger partial charge in [-0.1, -0.05) is 17.3 Å². The third kappa shape index (κ3) is 2.61. The highest BCUT2D eigenvalue weighted by Gasteiger charge is 2.01. The number of aryl methyl sites for hydroxylation is 1. The van der Waals surface area contributed by atoms with Gasteiger partial charge in [0.1, 0.15) is 23.8 Å². The molecular weight excluding hydrogens is 204 g/mol. The van der Waals surface area contributed by atoms with Gasteiger partial charge in [0.15, 0.2) is 0 Å². The van der Waals surface area contributed by atoms with E-state index in [2.05, 4.69) is 5.16 Å². The summed E-state index contributed by atoms with van der Waals surface area (Å²) >= 11 is 0. The van der Waals surface area contributed by atoms with E-state index in [9.17, 15) is 0 Å². The number of aromatic nitrogens is 1. The fourth-order valence-electron chi connectivity index (χ4n) is 1.37. The van der Waals surface area contributed by atoms with Crippen LogP contribution in [0.1, 0.15) is 17.0 Å². The first-order valence-corrected chi connectivity index (χ1v) is 5.12. The molecule has 0 aliphatic rings. The molecule has 0 atom stereocenters. The molecule has 0 bridgehead atoms. The highest BCUT2D eigenvalue weighted by Crippen LogP contribution is 2.13. The maximum atomic E-state index is 5.54. The van der Waals surface area contributed by atoms with Crippen molar-refractivity contribution in [3.05, 3.63) is 47.3 Å². The highest BCUT2D eigenvalue weighted by molar-refractivity contribution is 5.27. The van der Waals surface area contributed by atoms with E-state index in [-0.39, 0.29) is 0 Å². The number of rotatable bonds is 4. The van der Waals surface area contributed by atoms with E-state index in [1.807, 2.05) is 37.3 Å². The Balaban J connectivity index is 1.94. The molecule has 4 heteroatoms. The standard InChI is InChI=1S/C12H14N2O2/c1-9-6-11(14-16-9)8-15-12-4-2-10(7-13)3-5-12/h2-6H,7-8,13H2,1H3. The van der Waals surface area contributed by atoms with Crippen LogP contribution < -0.4 is 10.5 Å². The van der Waals surface area contributed by atoms with Crippen molar-refractivity contribution >= 4 is 0 Å². The third-order valence-corrected chi connectivity index (χ3v) is 2.22. The molecule has 84 valence electrons. The summed E-state index contributed by atoms with van der Waals surface area (Å²) in [4.78, 5) is 0. The minimum absolute atomic E-state index is 0.416. The van der Waals surface area contributed by atoms with Crippen molar-refractivity contribution in [1.29, 1.82) is 0 Å². The summed E-state index contributed by atoms with van der Waals surface area (Å²) < 4.78 is 10.5. The van der Waals surface area contributed by atoms with E-state index in [1.165, 1.54) is 0 Å². The quantitative estimate of drug-likeness (QED) is 0.852. The summed E-state index contributed by atoms with van der Waals surface area (Å²) in [7, 11) is 0. The molecule has 16 heavy (non-hydrogen) atoms. The van der Waals surface area contributed by atoms with Crippen LogP contribution in [0.5, 0.6) is 5.75 Å². The van der Waals surface area contributed by atoms with Crippen molar-refractivity contribution < 1.29 is 9.26 Å². The average Bonchev–Trinajstić information content (AvgIpc) is 2.73. The van der Waals surface area contributed by atoms with E-state index in [0.717, 1.165) is 22.8 Å². The minimum Gasteiger partial charge on any atom is -0.487 e. The lowest BCUT2D eigenvalue weighted by Gasteiger charge is -2.04. The molecule has 1 aromatic heterocycles. The van der Waals surface area contributed by atoms with Crippen molar-refractivity contribution in [3.8, 4) is 5.75 Å². The SMILES string of the molecule is Cc1cc(COc2ccc(CN)cc2)no1. The molecule has 0 aliphatic heterocycles. The Kier molecular flexibility index (Phi) is 3.22. The summed E-state index contributed by atoms with van der Waals surface area (Å²) in [5.74, 6) is 1.59. The highest BCUT2D eigenvalue weighted by atomic mass is 16.5. The second kappa shape index (κ2) is 4.81. The smallest absolute Gasteiger partial charge is 0.134 e. The molecule has 0 aliphatic carbocycles. The first-order valence-electron chi connectivity index (χ1n) is 5.12. The Labute approximate surface area is 94.0 Å². The molecule has 1 heterocycles. The molecule has 2 aromatic rings. The van der Waals surface area contributed by atoms with E-state index in [0.29, 0.717) is 13.2 Å². The summed E-state index contributed by atoms with van der Waals surface area (Å²) in [6, 6.07) is 9.55. The lowest BCUT2D eigenvalue weighted by Crippen LogP contribution is -1.97. The van der Waals surface area contributed by atoms with E-state index in [4.69, 9.17) is 15.0 Å². The molecule has 0 saturated carbocycles. The van der Waals surface area contributed by atoms with Gasteiger partial charge >= 0.3 is 0 Å². The number of ether oxygens (including phenoxy) is 1. The molecule has 1 aromatic carbocycles. The van der Waals surface area contributed by atoms with Crippen molar-refractivity contribution in [3.63, 3.8) is 0 Å². The first kappa shape index (κ1) is 10.7. The minimum atomic E-state index is 0.416. The van der Waals surface area contributed by atoms with Crippen molar-refractivity contribution in [1.82, 2.24) is 5.16 Å². The monoisotopic (exact) mass is 218 g/mol. The molecule has 0 saturated heterocycles. The van der Waals surface area contributed by atoms with Crippen LogP contribution in [0, 0.1) is 6.92 Å². The molecule has 0 amide bonds. The molecule has 0 radical (unpaired) electrons. The van der Waals surface area contributed by atoms with Crippen LogP contribution in [-0.4, -0.2) is 5.16 Å². The molecule has 2 rings (SSSR count). The largest absolute Gasteiger partial charge is 0.487 e. The average molecular weight is 218 g/mol. The number of nitrogens with zero attached hydrogens (tertiary/aromatic N) is 1. The Morgan fingerprint density at radius 2 is 2.06 bits per heavy atom. The predicted molar refractivity (Wildman–Crippen MR) is 59.9 cm³/mol. The predicted octanol–water partition coefficient (Wildman–Crippen LogP) is 2.02. The lowest BCUT2D eigenvalue weighted by atomic mass is 10.2. The number of benzene rings is 1. The van der Waals surface area contributed by atoms with E-state index >= 15 is 0 Å². The van der Waals surface area contributed by atoms with E-state index in [1.54, 1.807) is 0 Å². The van der Waals surface area contributed by atoms with Crippen molar-refractivity contribution in [2.75, 3.05) is 0 Å². The fourth-order valence-corrected chi connectivity index (χ4v) is 1.37. The van der Waals surface area contributed by atoms with E-state index < -0.39 is 0 Å². The van der Waals surface area contributed by atoms with Crippen molar-refractivity contribution in [2.24, 2.45) is 5.73 Å². The van der Waals surface area contributed by atoms with Crippen LogP contribution >= 0.6 is 0 Å². The fraction of sp³-hybridized carbons (Fsp3) is 0.250. The Morgan fingerprint density at radius 1 is 1.31 bits per heavy atom. The number of hydrogen-bond donors (Lipinski definition) is 1. The molecule has 0 fully saturated rings. The summed E-state index contributed by atoms with van der Waals surface area (Å²) in [6.45, 7) is 2.81. The van der Waals surface area contributed by atoms with Crippen molar-refractivity contribution in [2.45, 2.75) is 20.1 Å². The van der Waals surface area contributed by atoms with Crippen LogP contribution in [0.2, 0.25) is 0 Å². The zero-order valence-corrected chi connectivity index (χ0v) is 9.14. The topological polar surface area (TPSA) is 61.3 Å². The summed E-state index contributed by atoms with van der Waals surface area (Å²) in [5, 5.41) is 3.84. The van der Waals surface area contributed by atoms with Gasteiger partial charge in [-0.3, -0.25) is 0 Å². The zero-order valence-electron chi connectivity index (χ0n) is 9.14. The Hall–Kier alpha value is -1.81. The lowest BCUT2D eigenvalue weighted by molar-refractivity contribution is 0.288. The van der Waals surface area contributed by atoms with Gasteiger partial charge in [0.25, 0.3) is 0 Å². The van der Waals surface area contributed by atoms with Gasteiger partial charge in [-0.05, 0) is 24.6 Å². The first-order chi connectivity index (χ1) is 7.78. The third-order valence-electron chi connectivity index (χ3n) is 2.22.